The van der Waals surface area contributed by atoms with Gasteiger partial charge in [-0.15, -0.1) is 0 Å². The summed E-state index contributed by atoms with van der Waals surface area (Å²) in [6.45, 7) is 2.92. The van der Waals surface area contributed by atoms with E-state index in [1.54, 1.807) is 12.0 Å². The van der Waals surface area contributed by atoms with E-state index in [0.29, 0.717) is 13.0 Å². The van der Waals surface area contributed by atoms with Gasteiger partial charge in [-0.05, 0) is 31.2 Å². The number of ether oxygens (including phenoxy) is 3. The summed E-state index contributed by atoms with van der Waals surface area (Å²) >= 11 is 0. The number of benzene rings is 1. The molecule has 1 aromatic carbocycles. The van der Waals surface area contributed by atoms with E-state index in [0.717, 1.165) is 37.7 Å². The number of unbranched alkanes of at least 4 members (excludes halogenated alkanes) is 1. The van der Waals surface area contributed by atoms with Crippen molar-refractivity contribution in [3.05, 3.63) is 35.9 Å². The third-order valence-corrected chi connectivity index (χ3v) is 5.21. The zero-order valence-corrected chi connectivity index (χ0v) is 17.5. The maximum Gasteiger partial charge on any atom is 0.246 e. The van der Waals surface area contributed by atoms with E-state index in [1.165, 1.54) is 0 Å². The van der Waals surface area contributed by atoms with Crippen molar-refractivity contribution in [1.29, 1.82) is 0 Å². The molecular formula is C22H34N2O5. The number of amides is 2. The van der Waals surface area contributed by atoms with Crippen molar-refractivity contribution in [1.82, 2.24) is 4.90 Å². The molecule has 0 aromatic heterocycles. The van der Waals surface area contributed by atoms with E-state index in [-0.39, 0.29) is 25.5 Å². The Kier molecular flexibility index (Phi) is 10.1. The predicted molar refractivity (Wildman–Crippen MR) is 110 cm³/mol. The Bertz CT molecular complexity index is 625. The molecule has 2 amide bonds. The first-order chi connectivity index (χ1) is 14.1. The molecule has 162 valence electrons. The number of nitrogens with two attached hydrogens (primary N) is 1. The van der Waals surface area contributed by atoms with Gasteiger partial charge in [-0.2, -0.15) is 0 Å². The van der Waals surface area contributed by atoms with Gasteiger partial charge in [0.25, 0.3) is 0 Å². The lowest BCUT2D eigenvalue weighted by Gasteiger charge is -2.37. The molecule has 1 aromatic rings. The summed E-state index contributed by atoms with van der Waals surface area (Å²) < 4.78 is 16.6. The summed E-state index contributed by atoms with van der Waals surface area (Å²) in [6, 6.07) is 9.52. The highest BCUT2D eigenvalue weighted by Crippen LogP contribution is 2.26. The van der Waals surface area contributed by atoms with E-state index >= 15 is 0 Å². The van der Waals surface area contributed by atoms with Crippen LogP contribution < -0.4 is 5.73 Å². The summed E-state index contributed by atoms with van der Waals surface area (Å²) in [5.41, 5.74) is 6.36. The molecule has 0 saturated carbocycles. The maximum atomic E-state index is 13.5. The Hall–Kier alpha value is -1.96. The highest BCUT2D eigenvalue weighted by Gasteiger charge is 2.34. The molecule has 0 aliphatic carbocycles. The lowest BCUT2D eigenvalue weighted by Crippen LogP contribution is -2.48. The Morgan fingerprint density at radius 1 is 1.24 bits per heavy atom. The zero-order chi connectivity index (χ0) is 21.1. The molecule has 1 aliphatic heterocycles. The Balaban J connectivity index is 2.16. The molecule has 0 radical (unpaired) electrons. The van der Waals surface area contributed by atoms with Crippen molar-refractivity contribution >= 4 is 11.8 Å². The minimum Gasteiger partial charge on any atom is -0.367 e. The number of methoxy groups -OCH3 is 1. The second-order valence-electron chi connectivity index (χ2n) is 7.39. The number of carbonyl (C=O) groups excluding carboxylic acids is 2. The van der Waals surface area contributed by atoms with Gasteiger partial charge >= 0.3 is 0 Å². The van der Waals surface area contributed by atoms with Crippen molar-refractivity contribution in [2.45, 2.75) is 63.7 Å². The molecule has 1 saturated heterocycles. The van der Waals surface area contributed by atoms with Crippen LogP contribution >= 0.6 is 0 Å². The van der Waals surface area contributed by atoms with Crippen molar-refractivity contribution in [3.63, 3.8) is 0 Å². The number of piperidine rings is 1. The van der Waals surface area contributed by atoms with E-state index in [4.69, 9.17) is 19.9 Å². The number of primary amides is 1. The maximum absolute atomic E-state index is 13.5. The van der Waals surface area contributed by atoms with Crippen LogP contribution in [0.2, 0.25) is 0 Å². The number of hydrogen-bond donors (Lipinski definition) is 1. The van der Waals surface area contributed by atoms with E-state index in [2.05, 4.69) is 0 Å². The average molecular weight is 407 g/mol. The van der Waals surface area contributed by atoms with Crippen LogP contribution in [-0.4, -0.2) is 56.1 Å². The molecule has 7 nitrogen and oxygen atoms in total. The molecule has 0 spiro atoms. The fourth-order valence-electron chi connectivity index (χ4n) is 3.58. The van der Waals surface area contributed by atoms with Gasteiger partial charge in [0.2, 0.25) is 11.8 Å². The van der Waals surface area contributed by atoms with Gasteiger partial charge in [0.1, 0.15) is 19.1 Å². The lowest BCUT2D eigenvalue weighted by atomic mass is 9.96. The molecule has 2 rings (SSSR count). The van der Waals surface area contributed by atoms with E-state index in [1.807, 2.05) is 37.3 Å². The average Bonchev–Trinajstić information content (AvgIpc) is 2.75. The molecule has 1 fully saturated rings. The molecule has 29 heavy (non-hydrogen) atoms. The van der Waals surface area contributed by atoms with Crippen LogP contribution in [0.1, 0.15) is 56.9 Å². The first kappa shape index (κ1) is 23.3. The van der Waals surface area contributed by atoms with Crippen LogP contribution in [-0.2, 0) is 23.8 Å². The molecule has 1 heterocycles. The third-order valence-electron chi connectivity index (χ3n) is 5.21. The van der Waals surface area contributed by atoms with Crippen molar-refractivity contribution in [2.24, 2.45) is 5.73 Å². The Labute approximate surface area is 173 Å². The Morgan fingerprint density at radius 3 is 2.66 bits per heavy atom. The standard InChI is InChI=1S/C22H34N2O5/c1-3-4-12-19(21(23)25)28-15-18(17-10-6-5-7-11-17)22(26)24-14-9-8-13-20(24)29-16-27-2/h5-7,10-11,18-20H,3-4,8-9,12-16H2,1-2H3,(H2,23,25)/t18?,19-,20?/m0/s1. The number of hydrogen-bond acceptors (Lipinski definition) is 5. The monoisotopic (exact) mass is 406 g/mol. The zero-order valence-electron chi connectivity index (χ0n) is 17.5. The second kappa shape index (κ2) is 12.6. The summed E-state index contributed by atoms with van der Waals surface area (Å²) in [6.07, 6.45) is 4.07. The van der Waals surface area contributed by atoms with Crippen molar-refractivity contribution < 1.29 is 23.8 Å². The molecule has 7 heteroatoms. The van der Waals surface area contributed by atoms with Crippen LogP contribution in [0.3, 0.4) is 0 Å². The second-order valence-corrected chi connectivity index (χ2v) is 7.39. The first-order valence-corrected chi connectivity index (χ1v) is 10.4. The van der Waals surface area contributed by atoms with Gasteiger partial charge < -0.3 is 24.8 Å². The quantitative estimate of drug-likeness (QED) is 0.539. The summed E-state index contributed by atoms with van der Waals surface area (Å²) in [5, 5.41) is 0. The minimum absolute atomic E-state index is 0.0595. The van der Waals surface area contributed by atoms with Crippen molar-refractivity contribution in [3.8, 4) is 0 Å². The summed E-state index contributed by atoms with van der Waals surface area (Å²) in [5.74, 6) is -1.07. The van der Waals surface area contributed by atoms with Gasteiger partial charge in [-0.1, -0.05) is 50.1 Å². The SMILES string of the molecule is CCCC[C@H](OCC(C(=O)N1CCCCC1OCOC)c1ccccc1)C(N)=O. The van der Waals surface area contributed by atoms with Crippen LogP contribution in [0.15, 0.2) is 30.3 Å². The molecule has 2 N–H and O–H groups in total. The minimum atomic E-state index is -0.684. The summed E-state index contributed by atoms with van der Waals surface area (Å²) in [7, 11) is 1.57. The predicted octanol–water partition coefficient (Wildman–Crippen LogP) is 2.79. The highest BCUT2D eigenvalue weighted by molar-refractivity contribution is 5.84. The van der Waals surface area contributed by atoms with Crippen LogP contribution in [0.25, 0.3) is 0 Å². The fourth-order valence-corrected chi connectivity index (χ4v) is 3.58. The first-order valence-electron chi connectivity index (χ1n) is 10.4. The van der Waals surface area contributed by atoms with Gasteiger partial charge in [-0.3, -0.25) is 9.59 Å². The summed E-state index contributed by atoms with van der Waals surface area (Å²) in [4.78, 5) is 27.0. The topological polar surface area (TPSA) is 91.1 Å². The van der Waals surface area contributed by atoms with Crippen LogP contribution in [0.5, 0.6) is 0 Å². The third kappa shape index (κ3) is 7.10. The number of rotatable bonds is 12. The number of likely N-dealkylation sites (tertiary alicyclic amines) is 1. The highest BCUT2D eigenvalue weighted by atomic mass is 16.7. The largest absolute Gasteiger partial charge is 0.367 e. The van der Waals surface area contributed by atoms with Gasteiger partial charge in [0.05, 0.1) is 12.5 Å². The number of carbonyl (C=O) groups is 2. The molecule has 1 aliphatic rings. The normalized spacial score (nSPS) is 19.0. The van der Waals surface area contributed by atoms with Gasteiger partial charge in [0.15, 0.2) is 0 Å². The molecule has 0 bridgehead atoms. The fraction of sp³-hybridized carbons (Fsp3) is 0.636. The van der Waals surface area contributed by atoms with Crippen LogP contribution in [0, 0.1) is 0 Å². The van der Waals surface area contributed by atoms with Gasteiger partial charge in [-0.25, -0.2) is 0 Å². The van der Waals surface area contributed by atoms with Crippen LogP contribution in [0.4, 0.5) is 0 Å². The molecular weight excluding hydrogens is 372 g/mol. The van der Waals surface area contributed by atoms with Crippen molar-refractivity contribution in [2.75, 3.05) is 27.1 Å². The molecule has 2 unspecified atom stereocenters. The molecule has 3 atom stereocenters. The Morgan fingerprint density at radius 2 is 2.00 bits per heavy atom. The number of nitrogens with zero attached hydrogens (tertiary/aromatic N) is 1. The van der Waals surface area contributed by atoms with E-state index in [9.17, 15) is 9.59 Å². The van der Waals surface area contributed by atoms with Gasteiger partial charge in [0, 0.05) is 13.7 Å². The van der Waals surface area contributed by atoms with E-state index < -0.39 is 17.9 Å². The smallest absolute Gasteiger partial charge is 0.246 e. The lowest BCUT2D eigenvalue weighted by molar-refractivity contribution is -0.170.